The zero-order valence-corrected chi connectivity index (χ0v) is 19.4. The number of benzene rings is 1. The molecule has 0 radical (unpaired) electrons. The van der Waals surface area contributed by atoms with Gasteiger partial charge in [0.25, 0.3) is 12.3 Å². The third-order valence-corrected chi connectivity index (χ3v) is 4.76. The smallest absolute Gasteiger partial charge is 0.251 e. The van der Waals surface area contributed by atoms with Gasteiger partial charge < -0.3 is 16.0 Å². The van der Waals surface area contributed by atoms with Crippen LogP contribution in [0.4, 0.5) is 8.78 Å². The predicted molar refractivity (Wildman–Crippen MR) is 124 cm³/mol. The summed E-state index contributed by atoms with van der Waals surface area (Å²) in [5, 5.41) is 9.28. The molecule has 1 saturated heterocycles. The van der Waals surface area contributed by atoms with Crippen LogP contribution in [0.1, 0.15) is 35.7 Å². The highest BCUT2D eigenvalue weighted by molar-refractivity contribution is 14.0. The Morgan fingerprint density at radius 3 is 2.66 bits per heavy atom. The predicted octanol–water partition coefficient (Wildman–Crippen LogP) is 2.49. The minimum Gasteiger partial charge on any atom is -0.357 e. The van der Waals surface area contributed by atoms with Gasteiger partial charge in [-0.3, -0.25) is 14.7 Å². The van der Waals surface area contributed by atoms with Crippen LogP contribution in [-0.2, 0) is 6.42 Å². The molecule has 1 heterocycles. The number of carbonyl (C=O) groups excluding carboxylic acids is 1. The van der Waals surface area contributed by atoms with Crippen molar-refractivity contribution in [3.63, 3.8) is 0 Å². The van der Waals surface area contributed by atoms with E-state index in [2.05, 4.69) is 20.9 Å². The van der Waals surface area contributed by atoms with Gasteiger partial charge in [-0.05, 0) is 43.9 Å². The molecular formula is C20H32F2IN5O. The summed E-state index contributed by atoms with van der Waals surface area (Å²) in [5.41, 5.74) is 1.70. The Morgan fingerprint density at radius 1 is 1.31 bits per heavy atom. The first-order valence-electron chi connectivity index (χ1n) is 9.88. The molecule has 1 aromatic rings. The molecule has 0 atom stereocenters. The van der Waals surface area contributed by atoms with E-state index in [1.165, 1.54) is 0 Å². The lowest BCUT2D eigenvalue weighted by Gasteiger charge is -2.32. The van der Waals surface area contributed by atoms with Crippen molar-refractivity contribution in [2.45, 2.75) is 38.7 Å². The number of halogens is 3. The highest BCUT2D eigenvalue weighted by Crippen LogP contribution is 2.12. The highest BCUT2D eigenvalue weighted by Gasteiger charge is 2.21. The first-order valence-corrected chi connectivity index (χ1v) is 9.88. The number of carbonyl (C=O) groups is 1. The number of piperidine rings is 1. The van der Waals surface area contributed by atoms with Crippen molar-refractivity contribution in [2.75, 3.05) is 39.8 Å². The molecule has 0 saturated carbocycles. The van der Waals surface area contributed by atoms with Crippen LogP contribution in [-0.4, -0.2) is 69.0 Å². The molecule has 3 N–H and O–H groups in total. The van der Waals surface area contributed by atoms with Crippen molar-refractivity contribution in [1.29, 1.82) is 0 Å². The molecule has 0 aromatic heterocycles. The number of likely N-dealkylation sites (tertiary alicyclic amines) is 1. The first-order chi connectivity index (χ1) is 13.5. The van der Waals surface area contributed by atoms with Crippen molar-refractivity contribution in [3.05, 3.63) is 35.4 Å². The SMILES string of the molecule is CCNC(=NCCc1cccc(C(=O)NC)c1)NC1CCN(CC(F)F)CC1.I. The van der Waals surface area contributed by atoms with Crippen LogP contribution in [0.15, 0.2) is 29.3 Å². The van der Waals surface area contributed by atoms with E-state index in [1.54, 1.807) is 13.1 Å². The Bertz CT molecular complexity index is 652. The van der Waals surface area contributed by atoms with E-state index in [9.17, 15) is 13.6 Å². The van der Waals surface area contributed by atoms with Gasteiger partial charge in [0.2, 0.25) is 0 Å². The van der Waals surface area contributed by atoms with Gasteiger partial charge in [0.15, 0.2) is 5.96 Å². The molecule has 6 nitrogen and oxygen atoms in total. The second-order valence-electron chi connectivity index (χ2n) is 6.90. The highest BCUT2D eigenvalue weighted by atomic mass is 127. The Kier molecular flexibility index (Phi) is 12.1. The minimum absolute atomic E-state index is 0. The number of alkyl halides is 2. The fourth-order valence-electron chi connectivity index (χ4n) is 3.28. The van der Waals surface area contributed by atoms with Crippen LogP contribution in [0.3, 0.4) is 0 Å². The summed E-state index contributed by atoms with van der Waals surface area (Å²) in [5.74, 6) is 0.649. The van der Waals surface area contributed by atoms with Crippen molar-refractivity contribution in [3.8, 4) is 0 Å². The molecule has 1 amide bonds. The maximum Gasteiger partial charge on any atom is 0.251 e. The molecule has 0 unspecified atom stereocenters. The average Bonchev–Trinajstić information content (AvgIpc) is 2.69. The minimum atomic E-state index is -2.27. The number of guanidine groups is 1. The van der Waals surface area contributed by atoms with E-state index in [0.29, 0.717) is 25.2 Å². The Morgan fingerprint density at radius 2 is 2.03 bits per heavy atom. The molecule has 1 aliphatic rings. The number of nitrogens with one attached hydrogen (secondary N) is 3. The van der Waals surface area contributed by atoms with E-state index in [1.807, 2.05) is 30.0 Å². The van der Waals surface area contributed by atoms with Gasteiger partial charge in [0.05, 0.1) is 6.54 Å². The van der Waals surface area contributed by atoms with Gasteiger partial charge in [-0.2, -0.15) is 0 Å². The fraction of sp³-hybridized carbons (Fsp3) is 0.600. The maximum atomic E-state index is 12.5. The number of aliphatic imine (C=N–C) groups is 1. The topological polar surface area (TPSA) is 68.8 Å². The van der Waals surface area contributed by atoms with Crippen LogP contribution in [0.5, 0.6) is 0 Å². The molecule has 1 fully saturated rings. The summed E-state index contributed by atoms with van der Waals surface area (Å²) in [6.45, 7) is 4.56. The lowest BCUT2D eigenvalue weighted by atomic mass is 10.1. The molecule has 0 spiro atoms. The Labute approximate surface area is 188 Å². The third kappa shape index (κ3) is 9.24. The molecule has 9 heteroatoms. The summed E-state index contributed by atoms with van der Waals surface area (Å²) in [6, 6.07) is 7.77. The number of hydrogen-bond donors (Lipinski definition) is 3. The molecular weight excluding hydrogens is 491 g/mol. The number of hydrogen-bond acceptors (Lipinski definition) is 3. The Hall–Kier alpha value is -1.49. The van der Waals surface area contributed by atoms with Crippen LogP contribution in [0.2, 0.25) is 0 Å². The van der Waals surface area contributed by atoms with Gasteiger partial charge in [-0.1, -0.05) is 12.1 Å². The molecule has 0 aliphatic carbocycles. The van der Waals surface area contributed by atoms with Crippen molar-refractivity contribution < 1.29 is 13.6 Å². The molecule has 29 heavy (non-hydrogen) atoms. The second-order valence-corrected chi connectivity index (χ2v) is 6.90. The zero-order valence-electron chi connectivity index (χ0n) is 17.1. The number of amides is 1. The lowest BCUT2D eigenvalue weighted by molar-refractivity contribution is 0.0744. The molecule has 2 rings (SSSR count). The standard InChI is InChI=1S/C20H31F2N5O.HI/c1-3-24-20(26-17-8-11-27(12-9-17)14-18(21)22)25-10-7-15-5-4-6-16(13-15)19(28)23-2;/h4-6,13,17-18H,3,7-12,14H2,1-2H3,(H,23,28)(H2,24,25,26);1H. The van der Waals surface area contributed by atoms with Crippen LogP contribution in [0, 0.1) is 0 Å². The van der Waals surface area contributed by atoms with E-state index in [0.717, 1.165) is 37.3 Å². The molecule has 164 valence electrons. The van der Waals surface area contributed by atoms with Crippen molar-refractivity contribution in [2.24, 2.45) is 4.99 Å². The van der Waals surface area contributed by atoms with Gasteiger partial charge in [-0.15, -0.1) is 24.0 Å². The van der Waals surface area contributed by atoms with E-state index in [-0.39, 0.29) is 42.5 Å². The van der Waals surface area contributed by atoms with Crippen LogP contribution < -0.4 is 16.0 Å². The second kappa shape index (κ2) is 13.7. The summed E-state index contributed by atoms with van der Waals surface area (Å²) < 4.78 is 25.0. The normalized spacial score (nSPS) is 15.7. The molecule has 1 aliphatic heterocycles. The first kappa shape index (κ1) is 25.5. The van der Waals surface area contributed by atoms with Crippen LogP contribution >= 0.6 is 24.0 Å². The maximum absolute atomic E-state index is 12.5. The van der Waals surface area contributed by atoms with Crippen molar-refractivity contribution >= 4 is 35.8 Å². The lowest BCUT2D eigenvalue weighted by Crippen LogP contribution is -2.49. The van der Waals surface area contributed by atoms with E-state index >= 15 is 0 Å². The van der Waals surface area contributed by atoms with Crippen LogP contribution in [0.25, 0.3) is 0 Å². The largest absolute Gasteiger partial charge is 0.357 e. The summed E-state index contributed by atoms with van der Waals surface area (Å²) >= 11 is 0. The monoisotopic (exact) mass is 523 g/mol. The van der Waals surface area contributed by atoms with Gasteiger partial charge in [0, 0.05) is 44.8 Å². The van der Waals surface area contributed by atoms with Gasteiger partial charge in [-0.25, -0.2) is 8.78 Å². The summed E-state index contributed by atoms with van der Waals surface area (Å²) in [7, 11) is 1.62. The average molecular weight is 523 g/mol. The van der Waals surface area contributed by atoms with Gasteiger partial charge >= 0.3 is 0 Å². The third-order valence-electron chi connectivity index (χ3n) is 4.76. The Balaban J connectivity index is 0.00000420. The number of rotatable bonds is 8. The molecule has 1 aromatic carbocycles. The fourth-order valence-corrected chi connectivity index (χ4v) is 3.28. The van der Waals surface area contributed by atoms with Gasteiger partial charge in [0.1, 0.15) is 0 Å². The van der Waals surface area contributed by atoms with E-state index < -0.39 is 6.43 Å². The zero-order chi connectivity index (χ0) is 20.4. The van der Waals surface area contributed by atoms with E-state index in [4.69, 9.17) is 0 Å². The quantitative estimate of drug-likeness (QED) is 0.279. The number of nitrogens with zero attached hydrogens (tertiary/aromatic N) is 2. The van der Waals surface area contributed by atoms with Crippen molar-refractivity contribution in [1.82, 2.24) is 20.9 Å². The summed E-state index contributed by atoms with van der Waals surface area (Å²) in [6.07, 6.45) is 0.107. The molecule has 0 bridgehead atoms. The summed E-state index contributed by atoms with van der Waals surface area (Å²) in [4.78, 5) is 18.2.